The Hall–Kier alpha value is -1.81. The van der Waals surface area contributed by atoms with E-state index in [1.54, 1.807) is 12.1 Å². The summed E-state index contributed by atoms with van der Waals surface area (Å²) in [6.45, 7) is 7.22. The molecule has 0 amide bonds. The van der Waals surface area contributed by atoms with Crippen LogP contribution in [0.1, 0.15) is 30.9 Å². The minimum atomic E-state index is -0.265. The largest absolute Gasteiger partial charge is 0.489 e. The Labute approximate surface area is 118 Å². The van der Waals surface area contributed by atoms with Crippen LogP contribution in [0.3, 0.4) is 0 Å². The second-order valence-electron chi connectivity index (χ2n) is 5.07. The van der Waals surface area contributed by atoms with Crippen molar-refractivity contribution in [2.75, 3.05) is 0 Å². The third kappa shape index (κ3) is 4.10. The lowest BCUT2D eigenvalue weighted by atomic mass is 10.2. The molecule has 1 N–H and O–H groups in total. The summed E-state index contributed by atoms with van der Waals surface area (Å²) in [7, 11) is 0. The summed E-state index contributed by atoms with van der Waals surface area (Å²) in [5.41, 5.74) is 1.01. The van der Waals surface area contributed by atoms with E-state index in [0.717, 1.165) is 17.1 Å². The van der Waals surface area contributed by atoms with Gasteiger partial charge in [0.05, 0.1) is 6.54 Å². The first-order chi connectivity index (χ1) is 9.54. The molecule has 1 heterocycles. The summed E-state index contributed by atoms with van der Waals surface area (Å²) in [4.78, 5) is 0. The summed E-state index contributed by atoms with van der Waals surface area (Å²) in [6, 6.07) is 8.41. The molecule has 4 heteroatoms. The maximum atomic E-state index is 12.8. The van der Waals surface area contributed by atoms with E-state index in [1.807, 2.05) is 13.0 Å². The molecule has 0 aliphatic rings. The number of furan rings is 1. The zero-order chi connectivity index (χ0) is 14.5. The average Bonchev–Trinajstić information content (AvgIpc) is 2.76. The molecule has 0 spiro atoms. The first-order valence-corrected chi connectivity index (χ1v) is 6.74. The van der Waals surface area contributed by atoms with Gasteiger partial charge in [0, 0.05) is 11.6 Å². The number of benzene rings is 1. The van der Waals surface area contributed by atoms with Gasteiger partial charge in [-0.3, -0.25) is 0 Å². The van der Waals surface area contributed by atoms with E-state index in [4.69, 9.17) is 9.15 Å². The van der Waals surface area contributed by atoms with Gasteiger partial charge in [0.15, 0.2) is 0 Å². The smallest absolute Gasteiger partial charge is 0.123 e. The summed E-state index contributed by atoms with van der Waals surface area (Å²) >= 11 is 0. The highest BCUT2D eigenvalue weighted by molar-refractivity contribution is 5.24. The third-order valence-electron chi connectivity index (χ3n) is 2.96. The van der Waals surface area contributed by atoms with Crippen LogP contribution in [0.15, 0.2) is 34.7 Å². The van der Waals surface area contributed by atoms with E-state index in [9.17, 15) is 4.39 Å². The fourth-order valence-corrected chi connectivity index (χ4v) is 1.81. The van der Waals surface area contributed by atoms with E-state index < -0.39 is 0 Å². The van der Waals surface area contributed by atoms with Crippen molar-refractivity contribution in [3.8, 4) is 5.75 Å². The maximum absolute atomic E-state index is 12.8. The molecule has 1 aromatic carbocycles. The van der Waals surface area contributed by atoms with Crippen LogP contribution < -0.4 is 10.1 Å². The van der Waals surface area contributed by atoms with Crippen molar-refractivity contribution < 1.29 is 13.5 Å². The summed E-state index contributed by atoms with van der Waals surface area (Å²) in [5, 5.41) is 3.31. The number of hydrogen-bond acceptors (Lipinski definition) is 3. The van der Waals surface area contributed by atoms with Crippen LogP contribution in [-0.2, 0) is 13.2 Å². The Balaban J connectivity index is 1.94. The van der Waals surface area contributed by atoms with Crippen molar-refractivity contribution in [3.05, 3.63) is 53.2 Å². The van der Waals surface area contributed by atoms with Gasteiger partial charge in [-0.25, -0.2) is 4.39 Å². The van der Waals surface area contributed by atoms with Gasteiger partial charge in [-0.15, -0.1) is 0 Å². The molecule has 1 aromatic heterocycles. The van der Waals surface area contributed by atoms with Crippen molar-refractivity contribution in [3.63, 3.8) is 0 Å². The molecular weight excluding hydrogens is 257 g/mol. The Morgan fingerprint density at radius 3 is 2.60 bits per heavy atom. The first kappa shape index (κ1) is 14.6. The Morgan fingerprint density at radius 1 is 1.25 bits per heavy atom. The first-order valence-electron chi connectivity index (χ1n) is 6.74. The van der Waals surface area contributed by atoms with Crippen LogP contribution in [-0.4, -0.2) is 6.04 Å². The number of rotatable bonds is 6. The lowest BCUT2D eigenvalue weighted by Gasteiger charge is -2.05. The lowest BCUT2D eigenvalue weighted by molar-refractivity contribution is 0.302. The number of nitrogens with one attached hydrogen (secondary N) is 1. The number of aryl methyl sites for hydroxylation is 1. The van der Waals surface area contributed by atoms with E-state index in [1.165, 1.54) is 12.1 Å². The van der Waals surface area contributed by atoms with Crippen LogP contribution in [0.4, 0.5) is 4.39 Å². The average molecular weight is 277 g/mol. The third-order valence-corrected chi connectivity index (χ3v) is 2.96. The van der Waals surface area contributed by atoms with Gasteiger partial charge < -0.3 is 14.5 Å². The molecule has 0 radical (unpaired) electrons. The van der Waals surface area contributed by atoms with Gasteiger partial charge in [-0.1, -0.05) is 13.8 Å². The second-order valence-corrected chi connectivity index (χ2v) is 5.07. The van der Waals surface area contributed by atoms with Gasteiger partial charge in [0.2, 0.25) is 0 Å². The predicted molar refractivity (Wildman–Crippen MR) is 76.2 cm³/mol. The van der Waals surface area contributed by atoms with E-state index in [-0.39, 0.29) is 5.82 Å². The quantitative estimate of drug-likeness (QED) is 0.872. The van der Waals surface area contributed by atoms with Gasteiger partial charge in [-0.05, 0) is 37.3 Å². The fraction of sp³-hybridized carbons (Fsp3) is 0.375. The van der Waals surface area contributed by atoms with Crippen LogP contribution in [0.25, 0.3) is 0 Å². The van der Waals surface area contributed by atoms with Crippen molar-refractivity contribution in [2.45, 2.75) is 40.0 Å². The summed E-state index contributed by atoms with van der Waals surface area (Å²) in [5.74, 6) is 2.13. The van der Waals surface area contributed by atoms with E-state index in [0.29, 0.717) is 24.9 Å². The van der Waals surface area contributed by atoms with Crippen molar-refractivity contribution >= 4 is 0 Å². The predicted octanol–water partition coefficient (Wildman–Crippen LogP) is 3.80. The van der Waals surface area contributed by atoms with Gasteiger partial charge in [0.25, 0.3) is 0 Å². The van der Waals surface area contributed by atoms with Crippen LogP contribution in [0.2, 0.25) is 0 Å². The molecule has 0 aliphatic heterocycles. The highest BCUT2D eigenvalue weighted by Gasteiger charge is 2.08. The normalized spacial score (nSPS) is 11.1. The Kier molecular flexibility index (Phi) is 4.79. The molecule has 0 bridgehead atoms. The molecule has 0 saturated carbocycles. The van der Waals surface area contributed by atoms with E-state index >= 15 is 0 Å². The summed E-state index contributed by atoms with van der Waals surface area (Å²) < 4.78 is 24.1. The maximum Gasteiger partial charge on any atom is 0.123 e. The molecule has 0 unspecified atom stereocenters. The number of halogens is 1. The Morgan fingerprint density at radius 2 is 1.95 bits per heavy atom. The zero-order valence-electron chi connectivity index (χ0n) is 12.1. The van der Waals surface area contributed by atoms with Crippen LogP contribution in [0.5, 0.6) is 5.75 Å². The van der Waals surface area contributed by atoms with E-state index in [2.05, 4.69) is 19.2 Å². The second kappa shape index (κ2) is 6.57. The van der Waals surface area contributed by atoms with Crippen molar-refractivity contribution in [1.82, 2.24) is 5.32 Å². The van der Waals surface area contributed by atoms with Gasteiger partial charge >= 0.3 is 0 Å². The molecule has 0 saturated heterocycles. The van der Waals surface area contributed by atoms with Crippen LogP contribution in [0, 0.1) is 12.7 Å². The monoisotopic (exact) mass is 277 g/mol. The van der Waals surface area contributed by atoms with Crippen molar-refractivity contribution in [1.29, 1.82) is 0 Å². The molecule has 0 aliphatic carbocycles. The SMILES string of the molecule is Cc1oc(CNC(C)C)cc1COc1ccc(F)cc1. The molecule has 20 heavy (non-hydrogen) atoms. The van der Waals surface area contributed by atoms with Gasteiger partial charge in [-0.2, -0.15) is 0 Å². The summed E-state index contributed by atoms with van der Waals surface area (Å²) in [6.07, 6.45) is 0. The zero-order valence-corrected chi connectivity index (χ0v) is 12.1. The topological polar surface area (TPSA) is 34.4 Å². The highest BCUT2D eigenvalue weighted by atomic mass is 19.1. The number of hydrogen-bond donors (Lipinski definition) is 1. The van der Waals surface area contributed by atoms with Gasteiger partial charge in [0.1, 0.15) is 29.7 Å². The fourth-order valence-electron chi connectivity index (χ4n) is 1.81. The molecule has 108 valence electrons. The lowest BCUT2D eigenvalue weighted by Crippen LogP contribution is -2.21. The standard InChI is InChI=1S/C16H20FNO2/c1-11(2)18-9-16-8-13(12(3)20-16)10-19-15-6-4-14(17)5-7-15/h4-8,11,18H,9-10H2,1-3H3. The minimum absolute atomic E-state index is 0.265. The molecule has 2 rings (SSSR count). The molecule has 0 fully saturated rings. The molecular formula is C16H20FNO2. The van der Waals surface area contributed by atoms with Crippen LogP contribution >= 0.6 is 0 Å². The molecule has 0 atom stereocenters. The van der Waals surface area contributed by atoms with Crippen molar-refractivity contribution in [2.24, 2.45) is 0 Å². The minimum Gasteiger partial charge on any atom is -0.489 e. The highest BCUT2D eigenvalue weighted by Crippen LogP contribution is 2.18. The Bertz CT molecular complexity index is 546. The molecule has 2 aromatic rings. The number of ether oxygens (including phenoxy) is 1. The molecule has 3 nitrogen and oxygen atoms in total.